The molecule has 0 aliphatic carbocycles. The van der Waals surface area contributed by atoms with E-state index < -0.39 is 6.09 Å². The molecule has 0 saturated heterocycles. The van der Waals surface area contributed by atoms with Crippen molar-refractivity contribution in [2.75, 3.05) is 6.54 Å². The minimum atomic E-state index is -1.03. The molecule has 2 atom stereocenters. The summed E-state index contributed by atoms with van der Waals surface area (Å²) in [6.07, 6.45) is 5.23. The molecule has 1 aliphatic heterocycles. The molecule has 0 aromatic carbocycles. The molecule has 6 heteroatoms. The minimum absolute atomic E-state index is 0.0441. The number of hydrogen-bond acceptors (Lipinski definition) is 2. The molecular weight excluding hydrogens is 246 g/mol. The first kappa shape index (κ1) is 13.2. The van der Waals surface area contributed by atoms with Crippen LogP contribution >= 0.6 is 0 Å². The van der Waals surface area contributed by atoms with E-state index in [-0.39, 0.29) is 17.9 Å². The van der Waals surface area contributed by atoms with Crippen LogP contribution in [0.15, 0.2) is 24.4 Å². The van der Waals surface area contributed by atoms with Crippen molar-refractivity contribution in [3.8, 4) is 0 Å². The highest BCUT2D eigenvalue weighted by Crippen LogP contribution is 2.25. The second-order valence-corrected chi connectivity index (χ2v) is 4.61. The lowest BCUT2D eigenvalue weighted by Crippen LogP contribution is -2.34. The van der Waals surface area contributed by atoms with Crippen LogP contribution in [0.4, 0.5) is 4.79 Å². The van der Waals surface area contributed by atoms with Crippen molar-refractivity contribution in [1.29, 1.82) is 0 Å². The summed E-state index contributed by atoms with van der Waals surface area (Å²) in [6, 6.07) is 1.55. The summed E-state index contributed by atoms with van der Waals surface area (Å²) in [7, 11) is 0. The Kier molecular flexibility index (Phi) is 3.89. The molecule has 2 amide bonds. The molecule has 0 bridgehead atoms. The van der Waals surface area contributed by atoms with Gasteiger partial charge in [-0.3, -0.25) is 4.79 Å². The Morgan fingerprint density at radius 2 is 2.47 bits per heavy atom. The predicted octanol–water partition coefficient (Wildman–Crippen LogP) is 1.44. The van der Waals surface area contributed by atoms with Gasteiger partial charge in [0.05, 0.1) is 5.56 Å². The fraction of sp³-hybridized carbons (Fsp3) is 0.385. The largest absolute Gasteiger partial charge is 0.465 e. The molecule has 102 valence electrons. The van der Waals surface area contributed by atoms with E-state index >= 15 is 0 Å². The number of amides is 2. The van der Waals surface area contributed by atoms with E-state index in [1.54, 1.807) is 19.2 Å². The molecule has 1 aromatic rings. The Morgan fingerprint density at radius 1 is 1.68 bits per heavy atom. The molecule has 0 fully saturated rings. The quantitative estimate of drug-likeness (QED) is 0.619. The molecule has 1 aliphatic rings. The SMILES string of the molecule is C[C@H](/C=C\C[C@H]1CNC(=O)c2cc[nH]c21)NC(=O)O. The number of allylic oxidation sites excluding steroid dienone is 1. The molecule has 19 heavy (non-hydrogen) atoms. The number of nitrogens with one attached hydrogen (secondary N) is 3. The van der Waals surface area contributed by atoms with Gasteiger partial charge in [-0.25, -0.2) is 4.79 Å². The van der Waals surface area contributed by atoms with E-state index in [1.807, 2.05) is 12.2 Å². The van der Waals surface area contributed by atoms with Crippen LogP contribution in [-0.4, -0.2) is 34.7 Å². The summed E-state index contributed by atoms with van der Waals surface area (Å²) in [5.74, 6) is 0.161. The van der Waals surface area contributed by atoms with Crippen molar-refractivity contribution in [3.63, 3.8) is 0 Å². The Hall–Kier alpha value is -2.24. The highest BCUT2D eigenvalue weighted by Gasteiger charge is 2.25. The number of H-pyrrole nitrogens is 1. The van der Waals surface area contributed by atoms with Gasteiger partial charge in [-0.1, -0.05) is 12.2 Å². The standard InChI is InChI=1S/C13H17N3O3/c1-8(16-13(18)19)3-2-4-9-7-15-12(17)10-5-6-14-11(9)10/h2-3,5-6,8-9,14,16H,4,7H2,1H3,(H,15,17)(H,18,19)/b3-2-/t8-,9+/m1/s1. The molecule has 0 radical (unpaired) electrons. The zero-order chi connectivity index (χ0) is 13.8. The summed E-state index contributed by atoms with van der Waals surface area (Å²) in [4.78, 5) is 25.1. The Balaban J connectivity index is 1.95. The number of aromatic amines is 1. The minimum Gasteiger partial charge on any atom is -0.465 e. The van der Waals surface area contributed by atoms with Gasteiger partial charge in [0.15, 0.2) is 0 Å². The molecular formula is C13H17N3O3. The van der Waals surface area contributed by atoms with E-state index in [0.29, 0.717) is 12.1 Å². The molecule has 0 unspecified atom stereocenters. The van der Waals surface area contributed by atoms with Gasteiger partial charge in [0.25, 0.3) is 5.91 Å². The highest BCUT2D eigenvalue weighted by molar-refractivity contribution is 5.96. The number of rotatable bonds is 4. The summed E-state index contributed by atoms with van der Waals surface area (Å²) in [5, 5.41) is 13.8. The molecule has 6 nitrogen and oxygen atoms in total. The molecule has 4 N–H and O–H groups in total. The monoisotopic (exact) mass is 263 g/mol. The van der Waals surface area contributed by atoms with Crippen molar-refractivity contribution in [3.05, 3.63) is 35.7 Å². The van der Waals surface area contributed by atoms with E-state index in [1.165, 1.54) is 0 Å². The van der Waals surface area contributed by atoms with E-state index in [0.717, 1.165) is 12.1 Å². The first-order valence-electron chi connectivity index (χ1n) is 6.19. The zero-order valence-corrected chi connectivity index (χ0v) is 10.6. The zero-order valence-electron chi connectivity index (χ0n) is 10.6. The number of fused-ring (bicyclic) bond motifs is 1. The summed E-state index contributed by atoms with van der Waals surface area (Å²) in [6.45, 7) is 2.37. The predicted molar refractivity (Wildman–Crippen MR) is 70.2 cm³/mol. The number of carbonyl (C=O) groups is 2. The Morgan fingerprint density at radius 3 is 3.21 bits per heavy atom. The third kappa shape index (κ3) is 3.15. The second kappa shape index (κ2) is 5.60. The average molecular weight is 263 g/mol. The smallest absolute Gasteiger partial charge is 0.405 e. The summed E-state index contributed by atoms with van der Waals surface area (Å²) >= 11 is 0. The van der Waals surface area contributed by atoms with Crippen LogP contribution in [0.2, 0.25) is 0 Å². The number of carbonyl (C=O) groups excluding carboxylic acids is 1. The van der Waals surface area contributed by atoms with Crippen LogP contribution in [-0.2, 0) is 0 Å². The topological polar surface area (TPSA) is 94.2 Å². The van der Waals surface area contributed by atoms with Crippen LogP contribution in [0.25, 0.3) is 0 Å². The number of aromatic nitrogens is 1. The normalized spacial score (nSPS) is 19.8. The van der Waals surface area contributed by atoms with Crippen molar-refractivity contribution < 1.29 is 14.7 Å². The molecule has 1 aromatic heterocycles. The summed E-state index contributed by atoms with van der Waals surface area (Å²) < 4.78 is 0. The van der Waals surface area contributed by atoms with Gasteiger partial charge in [0.2, 0.25) is 0 Å². The lowest BCUT2D eigenvalue weighted by molar-refractivity contribution is 0.0940. The van der Waals surface area contributed by atoms with Gasteiger partial charge in [0, 0.05) is 30.4 Å². The molecule has 0 saturated carbocycles. The van der Waals surface area contributed by atoms with Gasteiger partial charge < -0.3 is 20.7 Å². The molecule has 2 heterocycles. The van der Waals surface area contributed by atoms with Crippen LogP contribution < -0.4 is 10.6 Å². The Labute approximate surface area is 110 Å². The highest BCUT2D eigenvalue weighted by atomic mass is 16.4. The van der Waals surface area contributed by atoms with Crippen molar-refractivity contribution in [2.24, 2.45) is 0 Å². The van der Waals surface area contributed by atoms with Crippen LogP contribution in [0, 0.1) is 0 Å². The Bertz CT molecular complexity index is 507. The van der Waals surface area contributed by atoms with Gasteiger partial charge >= 0.3 is 6.09 Å². The van der Waals surface area contributed by atoms with E-state index in [4.69, 9.17) is 5.11 Å². The third-order valence-corrected chi connectivity index (χ3v) is 3.14. The summed E-state index contributed by atoms with van der Waals surface area (Å²) in [5.41, 5.74) is 1.65. The number of hydrogen-bond donors (Lipinski definition) is 4. The lowest BCUT2D eigenvalue weighted by atomic mass is 9.94. The van der Waals surface area contributed by atoms with Gasteiger partial charge in [-0.15, -0.1) is 0 Å². The fourth-order valence-corrected chi connectivity index (χ4v) is 2.22. The maximum absolute atomic E-state index is 11.6. The van der Waals surface area contributed by atoms with Crippen molar-refractivity contribution in [1.82, 2.24) is 15.6 Å². The first-order chi connectivity index (χ1) is 9.08. The number of carboxylic acid groups (broad SMARTS) is 1. The van der Waals surface area contributed by atoms with Crippen molar-refractivity contribution >= 4 is 12.0 Å². The van der Waals surface area contributed by atoms with Crippen LogP contribution in [0.3, 0.4) is 0 Å². The second-order valence-electron chi connectivity index (χ2n) is 4.61. The van der Waals surface area contributed by atoms with Gasteiger partial charge in [-0.05, 0) is 19.4 Å². The fourth-order valence-electron chi connectivity index (χ4n) is 2.22. The van der Waals surface area contributed by atoms with Crippen LogP contribution in [0.5, 0.6) is 0 Å². The van der Waals surface area contributed by atoms with Crippen LogP contribution in [0.1, 0.15) is 35.3 Å². The van der Waals surface area contributed by atoms with E-state index in [2.05, 4.69) is 15.6 Å². The lowest BCUT2D eigenvalue weighted by Gasteiger charge is -2.22. The maximum atomic E-state index is 11.6. The molecule has 2 rings (SSSR count). The van der Waals surface area contributed by atoms with Gasteiger partial charge in [0.1, 0.15) is 0 Å². The van der Waals surface area contributed by atoms with E-state index in [9.17, 15) is 9.59 Å². The maximum Gasteiger partial charge on any atom is 0.405 e. The molecule has 0 spiro atoms. The first-order valence-corrected chi connectivity index (χ1v) is 6.19. The third-order valence-electron chi connectivity index (χ3n) is 3.14. The van der Waals surface area contributed by atoms with Gasteiger partial charge in [-0.2, -0.15) is 0 Å². The van der Waals surface area contributed by atoms with Crippen molar-refractivity contribution in [2.45, 2.75) is 25.3 Å². The average Bonchev–Trinajstić information content (AvgIpc) is 2.81.